The summed E-state index contributed by atoms with van der Waals surface area (Å²) in [5, 5.41) is 11.6. The van der Waals surface area contributed by atoms with E-state index in [0.29, 0.717) is 18.8 Å². The highest BCUT2D eigenvalue weighted by Crippen LogP contribution is 2.20. The van der Waals surface area contributed by atoms with Crippen LogP contribution in [0.1, 0.15) is 0 Å². The summed E-state index contributed by atoms with van der Waals surface area (Å²) in [6, 6.07) is 1.92. The van der Waals surface area contributed by atoms with Gasteiger partial charge in [-0.25, -0.2) is 0 Å². The SMILES string of the molecule is N#CC=C1N=CC=C1N1CCNCC1=O. The quantitative estimate of drug-likeness (QED) is 0.598. The van der Waals surface area contributed by atoms with Crippen LogP contribution in [0.5, 0.6) is 0 Å². The first-order valence-corrected chi connectivity index (χ1v) is 4.68. The second kappa shape index (κ2) is 4.07. The van der Waals surface area contributed by atoms with Gasteiger partial charge >= 0.3 is 0 Å². The summed E-state index contributed by atoms with van der Waals surface area (Å²) >= 11 is 0. The number of carbonyl (C=O) groups excluding carboxylic acids is 1. The van der Waals surface area contributed by atoms with Crippen molar-refractivity contribution in [2.45, 2.75) is 0 Å². The van der Waals surface area contributed by atoms with Crippen molar-refractivity contribution in [1.29, 1.82) is 5.26 Å². The number of aliphatic imine (C=N–C) groups is 1. The smallest absolute Gasteiger partial charge is 0.241 e. The van der Waals surface area contributed by atoms with Crippen LogP contribution in [0, 0.1) is 11.3 Å². The number of hydrogen-bond acceptors (Lipinski definition) is 4. The molecule has 0 aromatic rings. The standard InChI is InChI=1S/C10H10N4O/c11-3-1-8-9(2-4-13-8)14-6-5-12-7-10(14)15/h1-2,4,12H,5-7H2. The van der Waals surface area contributed by atoms with E-state index in [4.69, 9.17) is 5.26 Å². The Morgan fingerprint density at radius 3 is 3.27 bits per heavy atom. The van der Waals surface area contributed by atoms with E-state index in [9.17, 15) is 4.79 Å². The van der Waals surface area contributed by atoms with Crippen LogP contribution in [-0.4, -0.2) is 36.7 Å². The molecule has 2 aliphatic heterocycles. The van der Waals surface area contributed by atoms with Crippen LogP contribution in [-0.2, 0) is 4.79 Å². The van der Waals surface area contributed by atoms with Gasteiger partial charge in [-0.05, 0) is 6.08 Å². The zero-order valence-electron chi connectivity index (χ0n) is 8.10. The average Bonchev–Trinajstić information content (AvgIpc) is 2.67. The third-order valence-corrected chi connectivity index (χ3v) is 2.29. The molecule has 0 unspecified atom stereocenters. The van der Waals surface area contributed by atoms with Crippen LogP contribution in [0.2, 0.25) is 0 Å². The summed E-state index contributed by atoms with van der Waals surface area (Å²) in [5.74, 6) is 0.0156. The molecule has 1 fully saturated rings. The average molecular weight is 202 g/mol. The molecular formula is C10H10N4O. The Labute approximate surface area is 87.4 Å². The van der Waals surface area contributed by atoms with Gasteiger partial charge in [0.15, 0.2) is 0 Å². The number of hydrogen-bond donors (Lipinski definition) is 1. The number of nitriles is 1. The summed E-state index contributed by atoms with van der Waals surface area (Å²) in [6.07, 6.45) is 4.71. The second-order valence-electron chi connectivity index (χ2n) is 3.21. The fourth-order valence-electron chi connectivity index (χ4n) is 1.60. The van der Waals surface area contributed by atoms with Crippen LogP contribution in [0.15, 0.2) is 28.5 Å². The first-order chi connectivity index (χ1) is 7.33. The van der Waals surface area contributed by atoms with Crippen molar-refractivity contribution in [3.8, 4) is 6.07 Å². The number of rotatable bonds is 1. The Hall–Kier alpha value is -1.93. The van der Waals surface area contributed by atoms with Crippen molar-refractivity contribution in [3.63, 3.8) is 0 Å². The Bertz CT molecular complexity index is 414. The Balaban J connectivity index is 2.21. The predicted octanol–water partition coefficient (Wildman–Crippen LogP) is -0.206. The highest BCUT2D eigenvalue weighted by atomic mass is 16.2. The van der Waals surface area contributed by atoms with E-state index in [1.165, 1.54) is 6.08 Å². The molecule has 0 radical (unpaired) electrons. The minimum atomic E-state index is 0.0156. The fraction of sp³-hybridized carbons (Fsp3) is 0.300. The molecule has 5 nitrogen and oxygen atoms in total. The summed E-state index contributed by atoms with van der Waals surface area (Å²) in [7, 11) is 0. The molecule has 2 aliphatic rings. The van der Waals surface area contributed by atoms with Crippen molar-refractivity contribution in [2.75, 3.05) is 19.6 Å². The third kappa shape index (κ3) is 1.80. The molecule has 0 atom stereocenters. The van der Waals surface area contributed by atoms with E-state index in [-0.39, 0.29) is 5.91 Å². The maximum atomic E-state index is 11.6. The molecule has 0 spiro atoms. The van der Waals surface area contributed by atoms with Gasteiger partial charge in [0.1, 0.15) is 0 Å². The minimum Gasteiger partial charge on any atom is -0.308 e. The van der Waals surface area contributed by atoms with E-state index in [0.717, 1.165) is 12.2 Å². The summed E-state index contributed by atoms with van der Waals surface area (Å²) in [5.41, 5.74) is 1.29. The van der Waals surface area contributed by atoms with E-state index in [2.05, 4.69) is 10.3 Å². The first kappa shape index (κ1) is 9.62. The molecule has 0 aliphatic carbocycles. The van der Waals surface area contributed by atoms with Gasteiger partial charge in [-0.3, -0.25) is 9.79 Å². The van der Waals surface area contributed by atoms with Gasteiger partial charge < -0.3 is 10.2 Å². The van der Waals surface area contributed by atoms with Crippen LogP contribution >= 0.6 is 0 Å². The van der Waals surface area contributed by atoms with Crippen molar-refractivity contribution in [3.05, 3.63) is 23.5 Å². The van der Waals surface area contributed by atoms with Crippen LogP contribution < -0.4 is 5.32 Å². The molecule has 0 aromatic heterocycles. The van der Waals surface area contributed by atoms with E-state index in [1.807, 2.05) is 6.07 Å². The fourth-order valence-corrected chi connectivity index (χ4v) is 1.60. The van der Waals surface area contributed by atoms with E-state index < -0.39 is 0 Å². The summed E-state index contributed by atoms with van der Waals surface area (Å²) in [6.45, 7) is 1.73. The second-order valence-corrected chi connectivity index (χ2v) is 3.21. The number of piperazine rings is 1. The van der Waals surface area contributed by atoms with E-state index in [1.54, 1.807) is 17.2 Å². The topological polar surface area (TPSA) is 68.5 Å². The zero-order valence-corrected chi connectivity index (χ0v) is 8.10. The van der Waals surface area contributed by atoms with E-state index >= 15 is 0 Å². The molecule has 15 heavy (non-hydrogen) atoms. The van der Waals surface area contributed by atoms with Crippen LogP contribution in [0.4, 0.5) is 0 Å². The van der Waals surface area contributed by atoms with Gasteiger partial charge in [-0.15, -0.1) is 0 Å². The summed E-state index contributed by atoms with van der Waals surface area (Å²) in [4.78, 5) is 17.3. The molecule has 76 valence electrons. The monoisotopic (exact) mass is 202 g/mol. The Morgan fingerprint density at radius 1 is 1.67 bits per heavy atom. The van der Waals surface area contributed by atoms with Gasteiger partial charge in [0, 0.05) is 25.4 Å². The molecule has 1 saturated heterocycles. The van der Waals surface area contributed by atoms with Gasteiger partial charge in [-0.2, -0.15) is 5.26 Å². The molecule has 2 heterocycles. The summed E-state index contributed by atoms with van der Waals surface area (Å²) < 4.78 is 0. The van der Waals surface area contributed by atoms with Crippen molar-refractivity contribution < 1.29 is 4.79 Å². The molecule has 1 amide bonds. The lowest BCUT2D eigenvalue weighted by molar-refractivity contribution is -0.129. The van der Waals surface area contributed by atoms with Gasteiger partial charge in [0.2, 0.25) is 5.91 Å². The number of amides is 1. The molecule has 5 heteroatoms. The van der Waals surface area contributed by atoms with Crippen molar-refractivity contribution in [1.82, 2.24) is 10.2 Å². The molecule has 0 saturated carbocycles. The lowest BCUT2D eigenvalue weighted by atomic mass is 10.2. The Morgan fingerprint density at radius 2 is 2.53 bits per heavy atom. The predicted molar refractivity (Wildman–Crippen MR) is 54.9 cm³/mol. The minimum absolute atomic E-state index is 0.0156. The number of carbonyl (C=O) groups is 1. The maximum absolute atomic E-state index is 11.6. The number of nitrogens with zero attached hydrogens (tertiary/aromatic N) is 3. The molecule has 0 aromatic carbocycles. The first-order valence-electron chi connectivity index (χ1n) is 4.68. The highest BCUT2D eigenvalue weighted by molar-refractivity contribution is 5.86. The molecular weight excluding hydrogens is 192 g/mol. The molecule has 1 N–H and O–H groups in total. The Kier molecular flexibility index (Phi) is 2.61. The highest BCUT2D eigenvalue weighted by Gasteiger charge is 2.24. The third-order valence-electron chi connectivity index (χ3n) is 2.29. The van der Waals surface area contributed by atoms with Gasteiger partial charge in [-0.1, -0.05) is 0 Å². The largest absolute Gasteiger partial charge is 0.308 e. The van der Waals surface area contributed by atoms with Crippen molar-refractivity contribution in [2.24, 2.45) is 4.99 Å². The maximum Gasteiger partial charge on any atom is 0.241 e. The van der Waals surface area contributed by atoms with Crippen LogP contribution in [0.3, 0.4) is 0 Å². The number of allylic oxidation sites excluding steroid dienone is 2. The van der Waals surface area contributed by atoms with Crippen molar-refractivity contribution >= 4 is 12.1 Å². The van der Waals surface area contributed by atoms with Crippen LogP contribution in [0.25, 0.3) is 0 Å². The van der Waals surface area contributed by atoms with Gasteiger partial charge in [0.05, 0.1) is 24.0 Å². The normalized spacial score (nSPS) is 23.1. The zero-order chi connectivity index (χ0) is 10.7. The molecule has 0 bridgehead atoms. The van der Waals surface area contributed by atoms with Gasteiger partial charge in [0.25, 0.3) is 0 Å². The lowest BCUT2D eigenvalue weighted by Gasteiger charge is -2.28. The lowest BCUT2D eigenvalue weighted by Crippen LogP contribution is -2.47. The number of nitrogens with one attached hydrogen (secondary N) is 1. The molecule has 2 rings (SSSR count).